The molecular weight excluding hydrogens is 402 g/mol. The Bertz CT molecular complexity index is 829. The van der Waals surface area contributed by atoms with Crippen LogP contribution in [0, 0.1) is 6.92 Å². The molecule has 0 spiro atoms. The minimum Gasteiger partial charge on any atom is -0.382 e. The minimum absolute atomic E-state index is 0.0997. The fraction of sp³-hybridized carbons (Fsp3) is 0.478. The van der Waals surface area contributed by atoms with Crippen LogP contribution in [0.15, 0.2) is 39.4 Å². The van der Waals surface area contributed by atoms with E-state index >= 15 is 0 Å². The predicted octanol–water partition coefficient (Wildman–Crippen LogP) is 6.31. The van der Waals surface area contributed by atoms with Crippen molar-refractivity contribution in [2.24, 2.45) is 0 Å². The van der Waals surface area contributed by atoms with Gasteiger partial charge in [0, 0.05) is 34.6 Å². The van der Waals surface area contributed by atoms with Crippen LogP contribution in [0.4, 0.5) is 5.69 Å². The maximum absolute atomic E-state index is 12.9. The van der Waals surface area contributed by atoms with E-state index in [-0.39, 0.29) is 11.6 Å². The number of rotatable bonds is 6. The zero-order chi connectivity index (χ0) is 19.6. The zero-order valence-corrected chi connectivity index (χ0v) is 18.0. The van der Waals surface area contributed by atoms with E-state index in [2.05, 4.69) is 33.4 Å². The largest absolute Gasteiger partial charge is 0.382 e. The molecule has 0 radical (unpaired) electrons. The van der Waals surface area contributed by atoms with Gasteiger partial charge in [-0.05, 0) is 68.9 Å². The van der Waals surface area contributed by atoms with Gasteiger partial charge in [-0.25, -0.2) is 0 Å². The molecule has 3 nitrogen and oxygen atoms in total. The first-order valence-corrected chi connectivity index (χ1v) is 10.6. The van der Waals surface area contributed by atoms with E-state index in [1.807, 2.05) is 26.8 Å². The number of halogens is 1. The number of hydrogen-bond acceptors (Lipinski definition) is 3. The smallest absolute Gasteiger partial charge is 0.163 e. The molecule has 1 aromatic rings. The van der Waals surface area contributed by atoms with Crippen LogP contribution in [0.3, 0.4) is 0 Å². The topological polar surface area (TPSA) is 46.2 Å². The molecule has 1 fully saturated rings. The second-order valence-electron chi connectivity index (χ2n) is 7.93. The summed E-state index contributed by atoms with van der Waals surface area (Å²) >= 11 is 3.55. The van der Waals surface area contributed by atoms with E-state index < -0.39 is 0 Å². The summed E-state index contributed by atoms with van der Waals surface area (Å²) in [6.07, 6.45) is 8.35. The molecule has 1 aromatic carbocycles. The van der Waals surface area contributed by atoms with Crippen molar-refractivity contribution in [1.29, 1.82) is 0 Å². The van der Waals surface area contributed by atoms with Gasteiger partial charge in [-0.2, -0.15) is 0 Å². The van der Waals surface area contributed by atoms with Crippen LogP contribution in [-0.2, 0) is 4.79 Å². The monoisotopic (exact) mass is 429 g/mol. The SMILES string of the molecule is CC1=CC(C)=C(CCC(=O)c2cc(Br)cc(NC3CCCC3)c2C)C(=O)C1. The maximum Gasteiger partial charge on any atom is 0.163 e. The molecule has 0 aromatic heterocycles. The van der Waals surface area contributed by atoms with Crippen LogP contribution in [0.5, 0.6) is 0 Å². The van der Waals surface area contributed by atoms with Crippen LogP contribution in [0.1, 0.15) is 74.7 Å². The molecule has 2 aliphatic carbocycles. The van der Waals surface area contributed by atoms with Crippen molar-refractivity contribution in [3.05, 3.63) is 50.5 Å². The molecule has 0 heterocycles. The summed E-state index contributed by atoms with van der Waals surface area (Å²) in [5.41, 5.74) is 5.71. The highest BCUT2D eigenvalue weighted by Crippen LogP contribution is 2.31. The molecule has 0 aliphatic heterocycles. The first-order chi connectivity index (χ1) is 12.8. The van der Waals surface area contributed by atoms with Crippen LogP contribution in [0.2, 0.25) is 0 Å². The van der Waals surface area contributed by atoms with E-state index in [9.17, 15) is 9.59 Å². The summed E-state index contributed by atoms with van der Waals surface area (Å²) in [7, 11) is 0. The highest BCUT2D eigenvalue weighted by Gasteiger charge is 2.21. The number of Topliss-reactive ketones (excluding diaryl/α,β-unsaturated/α-hetero) is 2. The third kappa shape index (κ3) is 4.78. The van der Waals surface area contributed by atoms with Crippen molar-refractivity contribution in [3.63, 3.8) is 0 Å². The lowest BCUT2D eigenvalue weighted by molar-refractivity contribution is -0.115. The number of nitrogens with one attached hydrogen (secondary N) is 1. The van der Waals surface area contributed by atoms with Gasteiger partial charge in [0.2, 0.25) is 0 Å². The second kappa shape index (κ2) is 8.55. The van der Waals surface area contributed by atoms with Crippen LogP contribution < -0.4 is 5.32 Å². The summed E-state index contributed by atoms with van der Waals surface area (Å²) in [6, 6.07) is 4.48. The molecule has 27 heavy (non-hydrogen) atoms. The van der Waals surface area contributed by atoms with Gasteiger partial charge in [-0.15, -0.1) is 0 Å². The van der Waals surface area contributed by atoms with Crippen molar-refractivity contribution >= 4 is 33.2 Å². The molecule has 1 saturated carbocycles. The van der Waals surface area contributed by atoms with E-state index in [0.29, 0.717) is 25.3 Å². The normalized spacial score (nSPS) is 18.1. The number of carbonyl (C=O) groups is 2. The lowest BCUT2D eigenvalue weighted by Crippen LogP contribution is -2.17. The molecule has 144 valence electrons. The van der Waals surface area contributed by atoms with Crippen LogP contribution in [-0.4, -0.2) is 17.6 Å². The first-order valence-electron chi connectivity index (χ1n) is 9.85. The fourth-order valence-electron chi connectivity index (χ4n) is 4.21. The van der Waals surface area contributed by atoms with Crippen molar-refractivity contribution in [2.75, 3.05) is 5.32 Å². The number of benzene rings is 1. The predicted molar refractivity (Wildman–Crippen MR) is 114 cm³/mol. The van der Waals surface area contributed by atoms with Gasteiger partial charge in [-0.1, -0.05) is 40.4 Å². The molecule has 0 unspecified atom stereocenters. The molecule has 0 atom stereocenters. The van der Waals surface area contributed by atoms with Crippen molar-refractivity contribution in [3.8, 4) is 0 Å². The van der Waals surface area contributed by atoms with Gasteiger partial charge in [0.15, 0.2) is 11.6 Å². The quantitative estimate of drug-likeness (QED) is 0.538. The highest BCUT2D eigenvalue weighted by molar-refractivity contribution is 9.10. The lowest BCUT2D eigenvalue weighted by Gasteiger charge is -2.19. The zero-order valence-electron chi connectivity index (χ0n) is 16.5. The summed E-state index contributed by atoms with van der Waals surface area (Å²) in [5, 5.41) is 3.62. The van der Waals surface area contributed by atoms with E-state index in [0.717, 1.165) is 38.0 Å². The number of ketones is 2. The molecule has 0 amide bonds. The van der Waals surface area contributed by atoms with Crippen LogP contribution >= 0.6 is 15.9 Å². The Balaban J connectivity index is 1.75. The Kier molecular flexibility index (Phi) is 6.36. The standard InChI is InChI=1S/C23H28BrNO2/c1-14-10-15(2)19(23(27)11-14)8-9-22(26)20-12-17(24)13-21(16(20)3)25-18-6-4-5-7-18/h10,12-13,18,25H,4-9,11H2,1-3H3. The van der Waals surface area contributed by atoms with Crippen molar-refractivity contribution < 1.29 is 9.59 Å². The first kappa shape index (κ1) is 20.1. The van der Waals surface area contributed by atoms with Crippen molar-refractivity contribution in [2.45, 2.75) is 71.8 Å². The number of carbonyl (C=O) groups excluding carboxylic acids is 2. The van der Waals surface area contributed by atoms with Gasteiger partial charge in [0.25, 0.3) is 0 Å². The van der Waals surface area contributed by atoms with Crippen LogP contribution in [0.25, 0.3) is 0 Å². The Labute approximate surface area is 170 Å². The van der Waals surface area contributed by atoms with E-state index in [1.54, 1.807) is 0 Å². The molecule has 4 heteroatoms. The molecular formula is C23H28BrNO2. The average molecular weight is 430 g/mol. The minimum atomic E-state index is 0.0997. The van der Waals surface area contributed by atoms with Crippen molar-refractivity contribution in [1.82, 2.24) is 0 Å². The summed E-state index contributed by atoms with van der Waals surface area (Å²) < 4.78 is 0.916. The molecule has 2 aliphatic rings. The molecule has 0 saturated heterocycles. The Morgan fingerprint density at radius 2 is 1.89 bits per heavy atom. The summed E-state index contributed by atoms with van der Waals surface area (Å²) in [5.74, 6) is 0.262. The van der Waals surface area contributed by atoms with Gasteiger partial charge >= 0.3 is 0 Å². The Hall–Kier alpha value is -1.68. The maximum atomic E-state index is 12.9. The summed E-state index contributed by atoms with van der Waals surface area (Å²) in [6.45, 7) is 5.96. The van der Waals surface area contributed by atoms with Gasteiger partial charge < -0.3 is 5.32 Å². The second-order valence-corrected chi connectivity index (χ2v) is 8.84. The van der Waals surface area contributed by atoms with E-state index in [4.69, 9.17) is 0 Å². The average Bonchev–Trinajstić information content (AvgIpc) is 3.09. The highest BCUT2D eigenvalue weighted by atomic mass is 79.9. The Morgan fingerprint density at radius 3 is 2.56 bits per heavy atom. The Morgan fingerprint density at radius 1 is 1.19 bits per heavy atom. The molecule has 1 N–H and O–H groups in total. The fourth-order valence-corrected chi connectivity index (χ4v) is 4.66. The summed E-state index contributed by atoms with van der Waals surface area (Å²) in [4.78, 5) is 25.2. The third-order valence-corrected chi connectivity index (χ3v) is 6.16. The van der Waals surface area contributed by atoms with Gasteiger partial charge in [0.05, 0.1) is 0 Å². The molecule has 3 rings (SSSR count). The lowest BCUT2D eigenvalue weighted by atomic mass is 9.88. The molecule has 0 bridgehead atoms. The van der Waals surface area contributed by atoms with Gasteiger partial charge in [0.1, 0.15) is 0 Å². The number of anilines is 1. The number of hydrogen-bond donors (Lipinski definition) is 1. The third-order valence-electron chi connectivity index (χ3n) is 5.70. The number of allylic oxidation sites excluding steroid dienone is 4. The van der Waals surface area contributed by atoms with Gasteiger partial charge in [-0.3, -0.25) is 9.59 Å². The van der Waals surface area contributed by atoms with E-state index in [1.165, 1.54) is 25.7 Å².